The van der Waals surface area contributed by atoms with Crippen LogP contribution in [0.15, 0.2) is 122 Å². The first-order valence-electron chi connectivity index (χ1n) is 33.8. The van der Waals surface area contributed by atoms with Crippen molar-refractivity contribution in [1.82, 2.24) is 5.32 Å². The van der Waals surface area contributed by atoms with Crippen LogP contribution >= 0.6 is 0 Å². The van der Waals surface area contributed by atoms with Crippen LogP contribution in [0.1, 0.15) is 265 Å². The summed E-state index contributed by atoms with van der Waals surface area (Å²) in [5, 5.41) is 57.1. The highest BCUT2D eigenvalue weighted by atomic mass is 16.7. The maximum atomic E-state index is 13.4. The van der Waals surface area contributed by atoms with E-state index in [1.807, 2.05) is 12.2 Å². The van der Waals surface area contributed by atoms with Crippen LogP contribution in [0.3, 0.4) is 0 Å². The topological polar surface area (TPSA) is 175 Å². The second-order valence-electron chi connectivity index (χ2n) is 22.8. The van der Waals surface area contributed by atoms with Gasteiger partial charge in [-0.1, -0.05) is 264 Å². The van der Waals surface area contributed by atoms with E-state index in [9.17, 15) is 35.1 Å². The van der Waals surface area contributed by atoms with Crippen LogP contribution in [0.25, 0.3) is 0 Å². The van der Waals surface area contributed by atoms with Crippen molar-refractivity contribution in [2.75, 3.05) is 13.2 Å². The normalized spacial score (nSPS) is 19.3. The fourth-order valence-electron chi connectivity index (χ4n) is 9.78. The van der Waals surface area contributed by atoms with Gasteiger partial charge in [-0.15, -0.1) is 0 Å². The molecule has 0 aromatic rings. The van der Waals surface area contributed by atoms with E-state index in [0.29, 0.717) is 19.3 Å². The van der Waals surface area contributed by atoms with E-state index >= 15 is 0 Å². The summed E-state index contributed by atoms with van der Waals surface area (Å²) in [5.41, 5.74) is 0. The number of aliphatic hydroxyl groups is 5. The first kappa shape index (κ1) is 78.1. The summed E-state index contributed by atoms with van der Waals surface area (Å²) in [5.74, 6) is -1.25. The van der Waals surface area contributed by atoms with Crippen LogP contribution in [-0.4, -0.2) is 99.6 Å². The number of allylic oxidation sites excluding steroid dienone is 19. The number of ether oxygens (including phenoxy) is 3. The van der Waals surface area contributed by atoms with E-state index in [2.05, 4.69) is 129 Å². The van der Waals surface area contributed by atoms with Crippen molar-refractivity contribution in [2.45, 2.75) is 314 Å². The minimum absolute atomic E-state index is 0.107. The Morgan fingerprint density at radius 3 is 1.31 bits per heavy atom. The van der Waals surface area contributed by atoms with Crippen LogP contribution in [0, 0.1) is 0 Å². The van der Waals surface area contributed by atoms with Crippen molar-refractivity contribution in [1.29, 1.82) is 0 Å². The third-order valence-electron chi connectivity index (χ3n) is 15.1. The molecule has 480 valence electrons. The van der Waals surface area contributed by atoms with Gasteiger partial charge in [0, 0.05) is 6.42 Å². The first-order valence-corrected chi connectivity index (χ1v) is 33.8. The number of unbranched alkanes of at least 4 members (excludes halogenated alkanes) is 24. The van der Waals surface area contributed by atoms with E-state index in [1.165, 1.54) is 103 Å². The van der Waals surface area contributed by atoms with Gasteiger partial charge < -0.3 is 45.1 Å². The molecule has 1 aliphatic rings. The second kappa shape index (κ2) is 59.4. The standard InChI is InChI=1S/C73H123NO10/c1-4-7-10-13-16-19-22-25-27-29-31-33-34-35-37-39-41-43-46-49-52-55-58-61-68(78)84-71-70(80)69(79)67(62-75)83-73(71)82-63-64(65(76)59-56-53-50-47-44-24-21-18-15-12-9-6-3)74-72(81)66(77)60-57-54-51-48-45-42-40-38-36-32-30-28-26-23-20-17-14-11-8-5-2/h8,11,16-17,19-20,25-28,31-33,36,40,42,48,51,56,59,64-67,69-71,73,75-77,79-80H,4-7,9-10,12-15,18,21-24,29-30,34-35,37-39,41,43-47,49-50,52-55,57-58,60-63H2,1-3H3,(H,74,81)/b11-8-,19-16-,20-17-,27-25-,28-26-,33-31-,36-32-,42-40-,51-48-,59-56+. The Kier molecular flexibility index (Phi) is 55.2. The number of esters is 1. The van der Waals surface area contributed by atoms with E-state index in [-0.39, 0.29) is 19.4 Å². The van der Waals surface area contributed by atoms with Gasteiger partial charge in [-0.2, -0.15) is 0 Å². The van der Waals surface area contributed by atoms with Crippen LogP contribution in [0.4, 0.5) is 0 Å². The number of carbonyl (C=O) groups is 2. The third-order valence-corrected chi connectivity index (χ3v) is 15.1. The van der Waals surface area contributed by atoms with Gasteiger partial charge in [0.25, 0.3) is 0 Å². The van der Waals surface area contributed by atoms with Crippen molar-refractivity contribution in [3.8, 4) is 0 Å². The third kappa shape index (κ3) is 46.3. The molecule has 1 heterocycles. The van der Waals surface area contributed by atoms with Crippen LogP contribution < -0.4 is 5.32 Å². The maximum Gasteiger partial charge on any atom is 0.306 e. The molecule has 0 bridgehead atoms. The van der Waals surface area contributed by atoms with Crippen LogP contribution in [0.2, 0.25) is 0 Å². The second-order valence-corrected chi connectivity index (χ2v) is 22.8. The van der Waals surface area contributed by atoms with E-state index < -0.39 is 67.4 Å². The molecule has 1 fully saturated rings. The summed E-state index contributed by atoms with van der Waals surface area (Å²) in [7, 11) is 0. The number of hydrogen-bond donors (Lipinski definition) is 6. The lowest BCUT2D eigenvalue weighted by Gasteiger charge is -2.41. The number of amides is 1. The highest BCUT2D eigenvalue weighted by Crippen LogP contribution is 2.26. The maximum absolute atomic E-state index is 13.4. The van der Waals surface area contributed by atoms with E-state index in [4.69, 9.17) is 14.2 Å². The van der Waals surface area contributed by atoms with Gasteiger partial charge in [-0.05, 0) is 116 Å². The molecule has 1 saturated heterocycles. The molecule has 0 aromatic heterocycles. The number of hydrogen-bond acceptors (Lipinski definition) is 10. The molecule has 6 N–H and O–H groups in total. The minimum Gasteiger partial charge on any atom is -0.454 e. The summed E-state index contributed by atoms with van der Waals surface area (Å²) >= 11 is 0. The van der Waals surface area contributed by atoms with Gasteiger partial charge in [0.2, 0.25) is 5.91 Å². The summed E-state index contributed by atoms with van der Waals surface area (Å²) in [6.45, 7) is 5.62. The van der Waals surface area contributed by atoms with Crippen LogP contribution in [-0.2, 0) is 23.8 Å². The van der Waals surface area contributed by atoms with E-state index in [1.54, 1.807) is 6.08 Å². The summed E-state index contributed by atoms with van der Waals surface area (Å²) in [6, 6.07) is -1.06. The van der Waals surface area contributed by atoms with Crippen molar-refractivity contribution in [3.63, 3.8) is 0 Å². The Morgan fingerprint density at radius 2 is 0.857 bits per heavy atom. The van der Waals surface area contributed by atoms with Gasteiger partial charge in [-0.25, -0.2) is 0 Å². The first-order chi connectivity index (χ1) is 41.2. The minimum atomic E-state index is -1.63. The molecule has 1 aliphatic heterocycles. The molecule has 0 saturated carbocycles. The Labute approximate surface area is 512 Å². The zero-order chi connectivity index (χ0) is 61.0. The quantitative estimate of drug-likeness (QED) is 0.0195. The predicted octanol–water partition coefficient (Wildman–Crippen LogP) is 17.0. The molecular formula is C73H123NO10. The lowest BCUT2D eigenvalue weighted by molar-refractivity contribution is -0.305. The fraction of sp³-hybridized carbons (Fsp3) is 0.699. The summed E-state index contributed by atoms with van der Waals surface area (Å²) < 4.78 is 17.6. The molecule has 1 amide bonds. The Morgan fingerprint density at radius 1 is 0.476 bits per heavy atom. The Hall–Kier alpha value is -3.94. The van der Waals surface area contributed by atoms with Crippen LogP contribution in [0.5, 0.6) is 0 Å². The number of carbonyl (C=O) groups excluding carboxylic acids is 2. The molecule has 1 rings (SSSR count). The van der Waals surface area contributed by atoms with Crippen molar-refractivity contribution in [3.05, 3.63) is 122 Å². The molecule has 0 aliphatic carbocycles. The average molecular weight is 1170 g/mol. The highest BCUT2D eigenvalue weighted by Gasteiger charge is 2.47. The monoisotopic (exact) mass is 1170 g/mol. The van der Waals surface area contributed by atoms with Gasteiger partial charge in [0.05, 0.1) is 25.4 Å². The highest BCUT2D eigenvalue weighted by molar-refractivity contribution is 5.80. The van der Waals surface area contributed by atoms with E-state index in [0.717, 1.165) is 109 Å². The Bertz CT molecular complexity index is 1830. The number of rotatable bonds is 56. The van der Waals surface area contributed by atoms with Crippen molar-refractivity contribution < 1.29 is 49.3 Å². The van der Waals surface area contributed by atoms with Gasteiger partial charge >= 0.3 is 5.97 Å². The molecule has 11 heteroatoms. The fourth-order valence-corrected chi connectivity index (χ4v) is 9.78. The largest absolute Gasteiger partial charge is 0.454 e. The SMILES string of the molecule is CC/C=C\C/C=C\C/C=C\C/C=C\C/C=C\C/C=C\CCCC(O)C(=O)NC(COC1OC(CO)C(O)C(O)C1OC(=O)CCCCCCCCCCCC/C=C\C/C=C\C/C=C\CCCCC)C(O)/C=C/CCCCCCCCCCCC. The van der Waals surface area contributed by atoms with Gasteiger partial charge in [0.1, 0.15) is 24.4 Å². The molecule has 0 spiro atoms. The molecule has 11 nitrogen and oxygen atoms in total. The molecule has 84 heavy (non-hydrogen) atoms. The van der Waals surface area contributed by atoms with Gasteiger partial charge in [0.15, 0.2) is 12.4 Å². The lowest BCUT2D eigenvalue weighted by atomic mass is 9.99. The zero-order valence-corrected chi connectivity index (χ0v) is 53.2. The zero-order valence-electron chi connectivity index (χ0n) is 53.2. The van der Waals surface area contributed by atoms with Crippen molar-refractivity contribution in [2.24, 2.45) is 0 Å². The molecule has 0 aromatic carbocycles. The number of nitrogens with one attached hydrogen (secondary N) is 1. The summed E-state index contributed by atoms with van der Waals surface area (Å²) in [6.07, 6.45) is 72.3. The lowest BCUT2D eigenvalue weighted by Crippen LogP contribution is -2.61. The van der Waals surface area contributed by atoms with Crippen molar-refractivity contribution >= 4 is 11.9 Å². The molecule has 8 atom stereocenters. The predicted molar refractivity (Wildman–Crippen MR) is 351 cm³/mol. The molecular weight excluding hydrogens is 1050 g/mol. The number of aliphatic hydroxyl groups excluding tert-OH is 5. The smallest absolute Gasteiger partial charge is 0.306 e. The van der Waals surface area contributed by atoms with Gasteiger partial charge in [-0.3, -0.25) is 9.59 Å². The molecule has 0 radical (unpaired) electrons. The summed E-state index contributed by atoms with van der Waals surface area (Å²) in [4.78, 5) is 26.6. The average Bonchev–Trinajstić information content (AvgIpc) is 3.52. The molecule has 8 unspecified atom stereocenters. The Balaban J connectivity index is 2.66.